The smallest absolute Gasteiger partial charge is 0.225 e. The zero-order valence-electron chi connectivity index (χ0n) is 10.2. The summed E-state index contributed by atoms with van der Waals surface area (Å²) in [6, 6.07) is 9.33. The van der Waals surface area contributed by atoms with E-state index in [-0.39, 0.29) is 10.8 Å². The Balaban J connectivity index is 2.14. The van der Waals surface area contributed by atoms with Gasteiger partial charge in [-0.25, -0.2) is 0 Å². The molecule has 3 rings (SSSR count). The van der Waals surface area contributed by atoms with Crippen LogP contribution >= 0.6 is 15.9 Å². The molecule has 0 fully saturated rings. The lowest BCUT2D eigenvalue weighted by Gasteiger charge is -2.28. The number of aromatic nitrogens is 1. The summed E-state index contributed by atoms with van der Waals surface area (Å²) in [6.07, 6.45) is 3.18. The summed E-state index contributed by atoms with van der Waals surface area (Å²) in [5.74, 6) is -0.189. The number of benzene rings is 1. The number of halogens is 1. The number of nitrogens with one attached hydrogen (secondary N) is 1. The molecule has 2 aromatic rings. The Labute approximate surface area is 119 Å². The maximum Gasteiger partial charge on any atom is 0.225 e. The third kappa shape index (κ3) is 2.18. The first-order valence-electron chi connectivity index (χ1n) is 6.22. The Bertz CT molecular complexity index is 610. The van der Waals surface area contributed by atoms with Gasteiger partial charge in [-0.05, 0) is 41.8 Å². The van der Waals surface area contributed by atoms with Gasteiger partial charge in [0.25, 0.3) is 0 Å². The van der Waals surface area contributed by atoms with Crippen molar-refractivity contribution in [3.8, 4) is 0 Å². The van der Waals surface area contributed by atoms with Crippen LogP contribution in [0.5, 0.6) is 0 Å². The van der Waals surface area contributed by atoms with Gasteiger partial charge in [-0.15, -0.1) is 0 Å². The topological polar surface area (TPSA) is 58.9 Å². The molecule has 0 saturated heterocycles. The van der Waals surface area contributed by atoms with Crippen LogP contribution in [0.4, 0.5) is 0 Å². The molecule has 0 amide bonds. The lowest BCUT2D eigenvalue weighted by molar-refractivity contribution is -0.526. The molecule has 19 heavy (non-hydrogen) atoms. The minimum absolute atomic E-state index is 0.144. The van der Waals surface area contributed by atoms with Crippen molar-refractivity contribution in [1.82, 2.24) is 4.98 Å². The average molecular weight is 321 g/mol. The summed E-state index contributed by atoms with van der Waals surface area (Å²) in [5, 5.41) is 11.3. The molecule has 1 heterocycles. The van der Waals surface area contributed by atoms with Crippen molar-refractivity contribution >= 4 is 15.9 Å². The van der Waals surface area contributed by atoms with E-state index in [1.807, 2.05) is 30.5 Å². The van der Waals surface area contributed by atoms with Crippen molar-refractivity contribution in [3.63, 3.8) is 0 Å². The number of nitro groups is 1. The second-order valence-corrected chi connectivity index (χ2v) is 5.75. The lowest BCUT2D eigenvalue weighted by Crippen LogP contribution is -2.33. The number of rotatable bonds is 2. The van der Waals surface area contributed by atoms with Crippen LogP contribution in [0.25, 0.3) is 0 Å². The zero-order chi connectivity index (χ0) is 13.4. The van der Waals surface area contributed by atoms with Crippen molar-refractivity contribution in [2.24, 2.45) is 0 Å². The molecular formula is C14H13BrN2O2. The Kier molecular flexibility index (Phi) is 3.14. The predicted molar refractivity (Wildman–Crippen MR) is 75.9 cm³/mol. The highest BCUT2D eigenvalue weighted by molar-refractivity contribution is 9.10. The summed E-state index contributed by atoms with van der Waals surface area (Å²) in [7, 11) is 0. The molecule has 0 bridgehead atoms. The fourth-order valence-electron chi connectivity index (χ4n) is 2.90. The molecule has 5 heteroatoms. The molecule has 0 unspecified atom stereocenters. The fourth-order valence-corrected chi connectivity index (χ4v) is 3.28. The van der Waals surface area contributed by atoms with E-state index >= 15 is 0 Å². The van der Waals surface area contributed by atoms with Gasteiger partial charge >= 0.3 is 0 Å². The van der Waals surface area contributed by atoms with Crippen molar-refractivity contribution in [2.75, 3.05) is 0 Å². The van der Waals surface area contributed by atoms with Gasteiger partial charge in [0.2, 0.25) is 6.04 Å². The Morgan fingerprint density at radius 3 is 2.89 bits per heavy atom. The number of hydrogen-bond donors (Lipinski definition) is 1. The van der Waals surface area contributed by atoms with Crippen molar-refractivity contribution in [1.29, 1.82) is 0 Å². The summed E-state index contributed by atoms with van der Waals surface area (Å²) in [5.41, 5.74) is 3.19. The molecule has 4 nitrogen and oxygen atoms in total. The Morgan fingerprint density at radius 1 is 1.37 bits per heavy atom. The summed E-state index contributed by atoms with van der Waals surface area (Å²) >= 11 is 3.46. The third-order valence-electron chi connectivity index (χ3n) is 3.77. The highest BCUT2D eigenvalue weighted by Gasteiger charge is 2.39. The average Bonchev–Trinajstić information content (AvgIpc) is 2.90. The van der Waals surface area contributed by atoms with Crippen LogP contribution < -0.4 is 0 Å². The molecule has 0 radical (unpaired) electrons. The minimum Gasteiger partial charge on any atom is -0.364 e. The number of hydrogen-bond acceptors (Lipinski definition) is 2. The molecule has 2 atom stereocenters. The predicted octanol–water partition coefficient (Wildman–Crippen LogP) is 3.50. The number of aromatic amines is 1. The largest absolute Gasteiger partial charge is 0.364 e. The van der Waals surface area contributed by atoms with Crippen LogP contribution in [-0.4, -0.2) is 15.9 Å². The first-order valence-corrected chi connectivity index (χ1v) is 7.01. The number of H-pyrrole nitrogens is 1. The molecule has 0 aliphatic heterocycles. The van der Waals surface area contributed by atoms with Gasteiger partial charge in [-0.1, -0.05) is 22.0 Å². The van der Waals surface area contributed by atoms with Crippen LogP contribution in [-0.2, 0) is 6.42 Å². The monoisotopic (exact) mass is 320 g/mol. The lowest BCUT2D eigenvalue weighted by atomic mass is 9.78. The van der Waals surface area contributed by atoms with Crippen molar-refractivity contribution in [3.05, 3.63) is 67.9 Å². The first-order chi connectivity index (χ1) is 9.16. The van der Waals surface area contributed by atoms with E-state index in [0.29, 0.717) is 6.42 Å². The fraction of sp³-hybridized carbons (Fsp3) is 0.286. The highest BCUT2D eigenvalue weighted by Crippen LogP contribution is 2.38. The van der Waals surface area contributed by atoms with E-state index in [2.05, 4.69) is 27.0 Å². The quantitative estimate of drug-likeness (QED) is 0.680. The molecule has 1 N–H and O–H groups in total. The van der Waals surface area contributed by atoms with E-state index in [4.69, 9.17) is 0 Å². The molecule has 1 aliphatic rings. The first kappa shape index (κ1) is 12.4. The number of aryl methyl sites for hydroxylation is 1. The zero-order valence-corrected chi connectivity index (χ0v) is 11.8. The molecular weight excluding hydrogens is 308 g/mol. The van der Waals surface area contributed by atoms with E-state index < -0.39 is 6.04 Å². The molecule has 1 aliphatic carbocycles. The molecule has 1 aromatic heterocycles. The summed E-state index contributed by atoms with van der Waals surface area (Å²) < 4.78 is 0.965. The van der Waals surface area contributed by atoms with Gasteiger partial charge in [0.05, 0.1) is 5.92 Å². The van der Waals surface area contributed by atoms with E-state index in [9.17, 15) is 10.1 Å². The van der Waals surface area contributed by atoms with Crippen molar-refractivity contribution < 1.29 is 4.92 Å². The van der Waals surface area contributed by atoms with Gasteiger partial charge in [-0.3, -0.25) is 10.1 Å². The maximum absolute atomic E-state index is 11.3. The van der Waals surface area contributed by atoms with Crippen molar-refractivity contribution in [2.45, 2.75) is 24.8 Å². The van der Waals surface area contributed by atoms with Gasteiger partial charge < -0.3 is 4.98 Å². The van der Waals surface area contributed by atoms with Crippen LogP contribution in [0, 0.1) is 10.1 Å². The second kappa shape index (κ2) is 4.81. The molecule has 0 spiro atoms. The van der Waals surface area contributed by atoms with Gasteiger partial charge in [0.1, 0.15) is 0 Å². The Hall–Kier alpha value is -1.62. The van der Waals surface area contributed by atoms with Crippen LogP contribution in [0.3, 0.4) is 0 Å². The summed E-state index contributed by atoms with van der Waals surface area (Å²) in [4.78, 5) is 14.3. The van der Waals surface area contributed by atoms with Crippen LogP contribution in [0.1, 0.15) is 29.2 Å². The minimum atomic E-state index is -0.555. The van der Waals surface area contributed by atoms with E-state index in [1.165, 1.54) is 5.56 Å². The highest BCUT2D eigenvalue weighted by atomic mass is 79.9. The maximum atomic E-state index is 11.3. The van der Waals surface area contributed by atoms with Crippen LogP contribution in [0.2, 0.25) is 0 Å². The SMILES string of the molecule is O=[N+]([O-])[C@H]1CCc2ccc(Br)cc2[C@@H]1c1ccc[nH]1. The van der Waals surface area contributed by atoms with E-state index in [1.54, 1.807) is 0 Å². The van der Waals surface area contributed by atoms with E-state index in [0.717, 1.165) is 22.2 Å². The summed E-state index contributed by atoms with van der Waals surface area (Å²) in [6.45, 7) is 0. The third-order valence-corrected chi connectivity index (χ3v) is 4.26. The molecule has 98 valence electrons. The van der Waals surface area contributed by atoms with Gasteiger partial charge in [0.15, 0.2) is 0 Å². The van der Waals surface area contributed by atoms with Crippen LogP contribution in [0.15, 0.2) is 41.0 Å². The molecule has 1 aromatic carbocycles. The Morgan fingerprint density at radius 2 is 2.21 bits per heavy atom. The number of fused-ring (bicyclic) bond motifs is 1. The van der Waals surface area contributed by atoms with Gasteiger partial charge in [0, 0.05) is 27.7 Å². The van der Waals surface area contributed by atoms with Gasteiger partial charge in [-0.2, -0.15) is 0 Å². The standard InChI is InChI=1S/C14H13BrN2O2/c15-10-5-3-9-4-6-13(17(18)19)14(11(9)8-10)12-2-1-7-16-12/h1-3,5,7-8,13-14,16H,4,6H2/t13-,14+/m0/s1. The normalized spacial score (nSPS) is 21.9. The molecule has 0 saturated carbocycles. The number of nitrogens with zero attached hydrogens (tertiary/aromatic N) is 1. The second-order valence-electron chi connectivity index (χ2n) is 4.84.